The van der Waals surface area contributed by atoms with Crippen LogP contribution in [0, 0.1) is 5.92 Å². The number of halogens is 1. The maximum Gasteiger partial charge on any atom is 0.0456 e. The Morgan fingerprint density at radius 2 is 1.67 bits per heavy atom. The van der Waals surface area contributed by atoms with Crippen LogP contribution in [0.2, 0.25) is 5.02 Å². The molecule has 2 heteroatoms. The fourth-order valence-corrected chi connectivity index (χ4v) is 1.87. The van der Waals surface area contributed by atoms with E-state index in [4.69, 9.17) is 16.7 Å². The van der Waals surface area contributed by atoms with Crippen LogP contribution < -0.4 is 0 Å². The highest BCUT2D eigenvalue weighted by molar-refractivity contribution is 6.30. The minimum Gasteiger partial charge on any atom is -0.396 e. The van der Waals surface area contributed by atoms with Crippen molar-refractivity contribution in [1.82, 2.24) is 0 Å². The van der Waals surface area contributed by atoms with E-state index in [2.05, 4.69) is 32.9 Å². The average molecular weight is 271 g/mol. The van der Waals surface area contributed by atoms with Crippen molar-refractivity contribution in [2.24, 2.45) is 5.92 Å². The number of benzene rings is 1. The van der Waals surface area contributed by atoms with Gasteiger partial charge in [0.15, 0.2) is 0 Å². The SMILES string of the molecule is CC.C[C@@H](CO)CCC(C)(C)c1ccc(Cl)cc1. The zero-order valence-electron chi connectivity index (χ0n) is 12.3. The van der Waals surface area contributed by atoms with E-state index in [0.29, 0.717) is 5.92 Å². The lowest BCUT2D eigenvalue weighted by molar-refractivity contribution is 0.220. The van der Waals surface area contributed by atoms with E-state index >= 15 is 0 Å². The summed E-state index contributed by atoms with van der Waals surface area (Å²) in [5.41, 5.74) is 1.45. The summed E-state index contributed by atoms with van der Waals surface area (Å²) in [4.78, 5) is 0. The van der Waals surface area contributed by atoms with Gasteiger partial charge < -0.3 is 5.11 Å². The molecule has 0 saturated carbocycles. The number of rotatable bonds is 5. The Morgan fingerprint density at radius 3 is 2.11 bits per heavy atom. The molecule has 0 bridgehead atoms. The lowest BCUT2D eigenvalue weighted by atomic mass is 9.79. The molecule has 1 aromatic carbocycles. The average Bonchev–Trinajstić information content (AvgIpc) is 2.39. The monoisotopic (exact) mass is 270 g/mol. The van der Waals surface area contributed by atoms with Gasteiger partial charge in [0.2, 0.25) is 0 Å². The molecule has 18 heavy (non-hydrogen) atoms. The number of aliphatic hydroxyl groups is 1. The van der Waals surface area contributed by atoms with Crippen molar-refractivity contribution in [2.45, 2.75) is 52.9 Å². The van der Waals surface area contributed by atoms with E-state index in [9.17, 15) is 0 Å². The van der Waals surface area contributed by atoms with E-state index in [1.807, 2.05) is 26.0 Å². The highest BCUT2D eigenvalue weighted by Crippen LogP contribution is 2.30. The summed E-state index contributed by atoms with van der Waals surface area (Å²) < 4.78 is 0. The van der Waals surface area contributed by atoms with Crippen molar-refractivity contribution < 1.29 is 5.11 Å². The molecule has 1 nitrogen and oxygen atoms in total. The third-order valence-electron chi connectivity index (χ3n) is 3.20. The molecule has 0 aliphatic rings. The summed E-state index contributed by atoms with van der Waals surface area (Å²) in [6, 6.07) is 8.06. The van der Waals surface area contributed by atoms with Gasteiger partial charge in [0, 0.05) is 11.6 Å². The van der Waals surface area contributed by atoms with Gasteiger partial charge in [-0.1, -0.05) is 58.4 Å². The fourth-order valence-electron chi connectivity index (χ4n) is 1.74. The molecule has 0 aliphatic carbocycles. The maximum atomic E-state index is 9.02. The molecule has 104 valence electrons. The van der Waals surface area contributed by atoms with Gasteiger partial charge in [-0.2, -0.15) is 0 Å². The van der Waals surface area contributed by atoms with Crippen molar-refractivity contribution in [3.63, 3.8) is 0 Å². The summed E-state index contributed by atoms with van der Waals surface area (Å²) in [5, 5.41) is 9.80. The fraction of sp³-hybridized carbons (Fsp3) is 0.625. The zero-order chi connectivity index (χ0) is 14.2. The van der Waals surface area contributed by atoms with Crippen LogP contribution in [-0.4, -0.2) is 11.7 Å². The standard InChI is InChI=1S/C14H21ClO.C2H6/c1-11(10-16)8-9-14(2,3)12-4-6-13(15)7-5-12;1-2/h4-7,11,16H,8-10H2,1-3H3;1-2H3/t11-;/m1./s1. The molecule has 1 aromatic rings. The summed E-state index contributed by atoms with van der Waals surface area (Å²) >= 11 is 5.88. The summed E-state index contributed by atoms with van der Waals surface area (Å²) in [5.74, 6) is 0.381. The maximum absolute atomic E-state index is 9.02. The normalized spacial score (nSPS) is 12.6. The molecule has 0 radical (unpaired) electrons. The quantitative estimate of drug-likeness (QED) is 0.794. The van der Waals surface area contributed by atoms with E-state index in [1.165, 1.54) is 5.56 Å². The Labute approximate surface area is 117 Å². The molecule has 0 amide bonds. The molecule has 0 fully saturated rings. The van der Waals surface area contributed by atoms with Gasteiger partial charge in [-0.05, 0) is 41.9 Å². The van der Waals surface area contributed by atoms with E-state index < -0.39 is 0 Å². The zero-order valence-corrected chi connectivity index (χ0v) is 13.1. The molecule has 0 heterocycles. The Balaban J connectivity index is 0.00000137. The van der Waals surface area contributed by atoms with Crippen molar-refractivity contribution >= 4 is 11.6 Å². The van der Waals surface area contributed by atoms with Crippen LogP contribution in [0.1, 0.15) is 53.0 Å². The van der Waals surface area contributed by atoms with Crippen LogP contribution in [-0.2, 0) is 5.41 Å². The first-order valence-electron chi connectivity index (χ1n) is 6.82. The van der Waals surface area contributed by atoms with Crippen LogP contribution in [0.25, 0.3) is 0 Å². The first kappa shape index (κ1) is 17.5. The first-order chi connectivity index (χ1) is 8.45. The molecule has 0 saturated heterocycles. The molecule has 0 aliphatic heterocycles. The van der Waals surface area contributed by atoms with Gasteiger partial charge in [0.1, 0.15) is 0 Å². The number of aliphatic hydroxyl groups excluding tert-OH is 1. The summed E-state index contributed by atoms with van der Waals surface area (Å²) in [7, 11) is 0. The molecule has 0 unspecified atom stereocenters. The van der Waals surface area contributed by atoms with Crippen LogP contribution in [0.3, 0.4) is 0 Å². The van der Waals surface area contributed by atoms with Gasteiger partial charge in [-0.25, -0.2) is 0 Å². The smallest absolute Gasteiger partial charge is 0.0456 e. The summed E-state index contributed by atoms with van der Waals surface area (Å²) in [6.07, 6.45) is 2.13. The van der Waals surface area contributed by atoms with E-state index in [-0.39, 0.29) is 12.0 Å². The second-order valence-electron chi connectivity index (χ2n) is 5.22. The van der Waals surface area contributed by atoms with Crippen LogP contribution >= 0.6 is 11.6 Å². The Hall–Kier alpha value is -0.530. The predicted octanol–water partition coefficient (Wildman–Crippen LogP) is 5.05. The van der Waals surface area contributed by atoms with Crippen molar-refractivity contribution in [3.05, 3.63) is 34.9 Å². The van der Waals surface area contributed by atoms with Gasteiger partial charge in [0.05, 0.1) is 0 Å². The highest BCUT2D eigenvalue weighted by Gasteiger charge is 2.20. The van der Waals surface area contributed by atoms with E-state index in [0.717, 1.165) is 17.9 Å². The molecule has 1 atom stereocenters. The molecule has 1 N–H and O–H groups in total. The highest BCUT2D eigenvalue weighted by atomic mass is 35.5. The third kappa shape index (κ3) is 5.88. The molecule has 0 spiro atoms. The van der Waals surface area contributed by atoms with E-state index in [1.54, 1.807) is 0 Å². The largest absolute Gasteiger partial charge is 0.396 e. The minimum absolute atomic E-state index is 0.147. The van der Waals surface area contributed by atoms with Gasteiger partial charge in [0.25, 0.3) is 0 Å². The van der Waals surface area contributed by atoms with Gasteiger partial charge >= 0.3 is 0 Å². The molecule has 0 aromatic heterocycles. The van der Waals surface area contributed by atoms with Crippen LogP contribution in [0.5, 0.6) is 0 Å². The summed E-state index contributed by atoms with van der Waals surface area (Å²) in [6.45, 7) is 10.8. The predicted molar refractivity (Wildman–Crippen MR) is 81.3 cm³/mol. The number of hydrogen-bond donors (Lipinski definition) is 1. The van der Waals surface area contributed by atoms with Crippen molar-refractivity contribution in [2.75, 3.05) is 6.61 Å². The Kier molecular flexibility index (Phi) is 8.30. The third-order valence-corrected chi connectivity index (χ3v) is 3.45. The first-order valence-corrected chi connectivity index (χ1v) is 7.20. The second-order valence-corrected chi connectivity index (χ2v) is 5.65. The molecule has 1 rings (SSSR count). The Morgan fingerprint density at radius 1 is 1.17 bits per heavy atom. The lowest BCUT2D eigenvalue weighted by Gasteiger charge is -2.26. The van der Waals surface area contributed by atoms with Crippen molar-refractivity contribution in [3.8, 4) is 0 Å². The van der Waals surface area contributed by atoms with Crippen molar-refractivity contribution in [1.29, 1.82) is 0 Å². The second kappa shape index (κ2) is 8.55. The van der Waals surface area contributed by atoms with Crippen LogP contribution in [0.15, 0.2) is 24.3 Å². The molecular weight excluding hydrogens is 244 g/mol. The molecular formula is C16H27ClO. The minimum atomic E-state index is 0.147. The lowest BCUT2D eigenvalue weighted by Crippen LogP contribution is -2.18. The Bertz CT molecular complexity index is 316. The van der Waals surface area contributed by atoms with Crippen LogP contribution in [0.4, 0.5) is 0 Å². The topological polar surface area (TPSA) is 20.2 Å². The van der Waals surface area contributed by atoms with Gasteiger partial charge in [-0.15, -0.1) is 0 Å². The number of hydrogen-bond acceptors (Lipinski definition) is 1. The van der Waals surface area contributed by atoms with Gasteiger partial charge in [-0.3, -0.25) is 0 Å².